The number of aliphatic hydroxyl groups excluding tert-OH is 1. The summed E-state index contributed by atoms with van der Waals surface area (Å²) in [6, 6.07) is 5.77. The van der Waals surface area contributed by atoms with Gasteiger partial charge < -0.3 is 5.11 Å². The van der Waals surface area contributed by atoms with Gasteiger partial charge in [0.1, 0.15) is 18.2 Å². The van der Waals surface area contributed by atoms with Crippen LogP contribution in [-0.4, -0.2) is 15.1 Å². The Hall–Kier alpha value is -1.59. The van der Waals surface area contributed by atoms with Gasteiger partial charge in [-0.05, 0) is 34.7 Å². The molecular weight excluding hydrogens is 348 g/mol. The molecule has 90 valence electrons. The lowest BCUT2D eigenvalue weighted by molar-refractivity contribution is 0.209. The van der Waals surface area contributed by atoms with Crippen LogP contribution in [-0.2, 0) is 0 Å². The molecule has 0 fully saturated rings. The first-order chi connectivity index (χ1) is 8.63. The van der Waals surface area contributed by atoms with Gasteiger partial charge in [-0.2, -0.15) is 5.26 Å². The van der Waals surface area contributed by atoms with E-state index in [2.05, 4.69) is 9.97 Å². The van der Waals surface area contributed by atoms with Crippen LogP contribution in [0.15, 0.2) is 30.7 Å². The third-order valence-electron chi connectivity index (χ3n) is 2.38. The van der Waals surface area contributed by atoms with Gasteiger partial charge >= 0.3 is 0 Å². The second kappa shape index (κ2) is 5.37. The van der Waals surface area contributed by atoms with Gasteiger partial charge in [-0.1, -0.05) is 6.07 Å². The number of nitrogens with zero attached hydrogens (tertiary/aromatic N) is 3. The highest BCUT2D eigenvalue weighted by Gasteiger charge is 2.19. The predicted molar refractivity (Wildman–Crippen MR) is 69.9 cm³/mol. The Morgan fingerprint density at radius 3 is 2.83 bits per heavy atom. The summed E-state index contributed by atoms with van der Waals surface area (Å²) in [5.41, 5.74) is 0.639. The number of hydrogen-bond donors (Lipinski definition) is 1. The maximum atomic E-state index is 13.7. The van der Waals surface area contributed by atoms with Gasteiger partial charge in [-0.25, -0.2) is 14.4 Å². The van der Waals surface area contributed by atoms with E-state index in [1.807, 2.05) is 28.7 Å². The lowest BCUT2D eigenvalue weighted by atomic mass is 10.0. The Kier molecular flexibility index (Phi) is 3.84. The Balaban J connectivity index is 2.44. The fourth-order valence-corrected chi connectivity index (χ4v) is 2.08. The molecular formula is C12H7FIN3O. The molecule has 1 unspecified atom stereocenters. The minimum Gasteiger partial charge on any atom is -0.382 e. The van der Waals surface area contributed by atoms with Gasteiger partial charge in [-0.3, -0.25) is 0 Å². The monoisotopic (exact) mass is 355 g/mol. The molecule has 0 bridgehead atoms. The Morgan fingerprint density at radius 2 is 2.22 bits per heavy atom. The minimum absolute atomic E-state index is 0.0885. The summed E-state index contributed by atoms with van der Waals surface area (Å²) in [5, 5.41) is 18.8. The first-order valence-corrected chi connectivity index (χ1v) is 6.04. The fourth-order valence-electron chi connectivity index (χ4n) is 1.49. The lowest BCUT2D eigenvalue weighted by Crippen LogP contribution is -2.07. The van der Waals surface area contributed by atoms with Gasteiger partial charge in [0.05, 0.1) is 20.9 Å². The zero-order valence-electron chi connectivity index (χ0n) is 9.01. The van der Waals surface area contributed by atoms with Crippen LogP contribution in [0.2, 0.25) is 0 Å². The van der Waals surface area contributed by atoms with E-state index in [0.29, 0.717) is 9.26 Å². The largest absolute Gasteiger partial charge is 0.382 e. The van der Waals surface area contributed by atoms with Gasteiger partial charge in [0.2, 0.25) is 0 Å². The van der Waals surface area contributed by atoms with Crippen molar-refractivity contribution in [3.8, 4) is 6.07 Å². The maximum absolute atomic E-state index is 13.7. The number of nitriles is 1. The minimum atomic E-state index is -1.17. The van der Waals surface area contributed by atoms with Gasteiger partial charge in [0, 0.05) is 11.8 Å². The maximum Gasteiger partial charge on any atom is 0.130 e. The van der Waals surface area contributed by atoms with Gasteiger partial charge in [-0.15, -0.1) is 0 Å². The highest BCUT2D eigenvalue weighted by molar-refractivity contribution is 14.1. The van der Waals surface area contributed by atoms with Crippen LogP contribution in [0.1, 0.15) is 22.9 Å². The summed E-state index contributed by atoms with van der Waals surface area (Å²) in [4.78, 5) is 7.74. The van der Waals surface area contributed by atoms with Crippen molar-refractivity contribution >= 4 is 22.6 Å². The second-order valence-electron chi connectivity index (χ2n) is 3.51. The van der Waals surface area contributed by atoms with Crippen molar-refractivity contribution in [3.63, 3.8) is 0 Å². The molecule has 0 aliphatic carbocycles. The van der Waals surface area contributed by atoms with Crippen molar-refractivity contribution in [2.45, 2.75) is 6.10 Å². The topological polar surface area (TPSA) is 69.8 Å². The molecule has 0 aliphatic heterocycles. The molecule has 2 rings (SSSR count). The summed E-state index contributed by atoms with van der Waals surface area (Å²) < 4.78 is 14.4. The summed E-state index contributed by atoms with van der Waals surface area (Å²) >= 11 is 1.97. The molecule has 1 N–H and O–H groups in total. The van der Waals surface area contributed by atoms with E-state index in [4.69, 9.17) is 5.26 Å². The van der Waals surface area contributed by atoms with E-state index >= 15 is 0 Å². The molecule has 0 radical (unpaired) electrons. The fraction of sp³-hybridized carbons (Fsp3) is 0.0833. The van der Waals surface area contributed by atoms with Crippen LogP contribution in [0.3, 0.4) is 0 Å². The second-order valence-corrected chi connectivity index (χ2v) is 4.67. The first-order valence-electron chi connectivity index (χ1n) is 4.96. The molecule has 4 nitrogen and oxygen atoms in total. The molecule has 1 heterocycles. The van der Waals surface area contributed by atoms with Crippen molar-refractivity contribution in [2.75, 3.05) is 0 Å². The van der Waals surface area contributed by atoms with E-state index in [0.717, 1.165) is 6.07 Å². The molecule has 0 aliphatic rings. The highest BCUT2D eigenvalue weighted by Crippen LogP contribution is 2.26. The van der Waals surface area contributed by atoms with Crippen molar-refractivity contribution in [1.82, 2.24) is 9.97 Å². The van der Waals surface area contributed by atoms with Crippen molar-refractivity contribution in [3.05, 3.63) is 56.9 Å². The number of aromatic nitrogens is 2. The van der Waals surface area contributed by atoms with E-state index in [9.17, 15) is 9.50 Å². The van der Waals surface area contributed by atoms with Gasteiger partial charge in [0.15, 0.2) is 0 Å². The number of hydrogen-bond acceptors (Lipinski definition) is 4. The van der Waals surface area contributed by atoms with E-state index in [1.165, 1.54) is 24.7 Å². The van der Waals surface area contributed by atoms with Crippen LogP contribution in [0.5, 0.6) is 0 Å². The number of aliphatic hydroxyl groups is 1. The average molecular weight is 355 g/mol. The SMILES string of the molecule is N#Cc1ccc(C(O)c2ncncc2I)c(F)c1. The average Bonchev–Trinajstić information content (AvgIpc) is 2.38. The molecule has 1 atom stereocenters. The quantitative estimate of drug-likeness (QED) is 0.839. The van der Waals surface area contributed by atoms with Crippen LogP contribution >= 0.6 is 22.6 Å². The van der Waals surface area contributed by atoms with Crippen molar-refractivity contribution < 1.29 is 9.50 Å². The van der Waals surface area contributed by atoms with E-state index in [1.54, 1.807) is 0 Å². The Labute approximate surface area is 116 Å². The molecule has 0 amide bonds. The molecule has 0 saturated carbocycles. The molecule has 0 saturated heterocycles. The van der Waals surface area contributed by atoms with Crippen molar-refractivity contribution in [1.29, 1.82) is 5.26 Å². The van der Waals surface area contributed by atoms with Crippen LogP contribution in [0.25, 0.3) is 0 Å². The Bertz CT molecular complexity index is 627. The number of halogens is 2. The van der Waals surface area contributed by atoms with E-state index < -0.39 is 11.9 Å². The summed E-state index contributed by atoms with van der Waals surface area (Å²) in [6.45, 7) is 0. The smallest absolute Gasteiger partial charge is 0.130 e. The summed E-state index contributed by atoms with van der Waals surface area (Å²) in [7, 11) is 0. The third kappa shape index (κ3) is 2.47. The molecule has 0 spiro atoms. The summed E-state index contributed by atoms with van der Waals surface area (Å²) in [5.74, 6) is -0.629. The lowest BCUT2D eigenvalue weighted by Gasteiger charge is -2.12. The van der Waals surface area contributed by atoms with Crippen molar-refractivity contribution in [2.24, 2.45) is 0 Å². The molecule has 1 aromatic carbocycles. The predicted octanol–water partition coefficient (Wildman–Crippen LogP) is 2.17. The third-order valence-corrected chi connectivity index (χ3v) is 3.21. The molecule has 18 heavy (non-hydrogen) atoms. The highest BCUT2D eigenvalue weighted by atomic mass is 127. The zero-order valence-corrected chi connectivity index (χ0v) is 11.2. The molecule has 6 heteroatoms. The van der Waals surface area contributed by atoms with E-state index in [-0.39, 0.29) is 11.1 Å². The number of rotatable bonds is 2. The Morgan fingerprint density at radius 1 is 1.44 bits per heavy atom. The van der Waals surface area contributed by atoms with Crippen LogP contribution in [0, 0.1) is 20.7 Å². The normalized spacial score (nSPS) is 11.9. The van der Waals surface area contributed by atoms with Crippen LogP contribution < -0.4 is 0 Å². The van der Waals surface area contributed by atoms with Crippen LogP contribution in [0.4, 0.5) is 4.39 Å². The first kappa shape index (κ1) is 12.9. The summed E-state index contributed by atoms with van der Waals surface area (Å²) in [6.07, 6.45) is 1.66. The van der Waals surface area contributed by atoms with Gasteiger partial charge in [0.25, 0.3) is 0 Å². The molecule has 1 aromatic heterocycles. The standard InChI is InChI=1S/C12H7FIN3O/c13-9-3-7(4-15)1-2-8(9)12(18)11-10(14)5-16-6-17-11/h1-3,5-6,12,18H. The molecule has 2 aromatic rings. The number of benzene rings is 1. The zero-order chi connectivity index (χ0) is 13.1.